The van der Waals surface area contributed by atoms with Crippen LogP contribution in [-0.2, 0) is 17.6 Å². The van der Waals surface area contributed by atoms with Gasteiger partial charge in [0.25, 0.3) is 0 Å². The molecule has 1 aromatic carbocycles. The van der Waals surface area contributed by atoms with Crippen molar-refractivity contribution in [2.45, 2.75) is 26.7 Å². The zero-order valence-corrected chi connectivity index (χ0v) is 11.2. The van der Waals surface area contributed by atoms with Crippen molar-refractivity contribution in [2.75, 3.05) is 0 Å². The number of rotatable bonds is 5. The minimum Gasteiger partial charge on any atom is -0.481 e. The summed E-state index contributed by atoms with van der Waals surface area (Å²) in [5, 5.41) is 8.71. The highest BCUT2D eigenvalue weighted by Crippen LogP contribution is 2.23. The normalized spacial score (nSPS) is 10.9. The van der Waals surface area contributed by atoms with Crippen LogP contribution in [0.25, 0.3) is 11.3 Å². The number of hydrogen-bond acceptors (Lipinski definition) is 2. The highest BCUT2D eigenvalue weighted by Gasteiger charge is 2.08. The Bertz CT molecular complexity index is 550. The van der Waals surface area contributed by atoms with Gasteiger partial charge in [-0.25, -0.2) is 0 Å². The molecule has 0 atom stereocenters. The second kappa shape index (κ2) is 5.74. The Morgan fingerprint density at radius 1 is 1.16 bits per heavy atom. The van der Waals surface area contributed by atoms with Crippen LogP contribution in [0.3, 0.4) is 0 Å². The van der Waals surface area contributed by atoms with Gasteiger partial charge >= 0.3 is 5.97 Å². The van der Waals surface area contributed by atoms with E-state index in [1.54, 1.807) is 6.07 Å². The van der Waals surface area contributed by atoms with E-state index in [2.05, 4.69) is 26.0 Å². The summed E-state index contributed by atoms with van der Waals surface area (Å²) in [5.74, 6) is 0.950. The maximum Gasteiger partial charge on any atom is 0.311 e. The number of carboxylic acids is 1. The number of carboxylic acid groups (broad SMARTS) is 1. The van der Waals surface area contributed by atoms with Crippen molar-refractivity contribution in [2.24, 2.45) is 5.92 Å². The van der Waals surface area contributed by atoms with Crippen LogP contribution in [-0.4, -0.2) is 11.1 Å². The maximum atomic E-state index is 10.6. The Balaban J connectivity index is 2.13. The van der Waals surface area contributed by atoms with Crippen LogP contribution in [0.2, 0.25) is 0 Å². The van der Waals surface area contributed by atoms with Crippen molar-refractivity contribution in [1.29, 1.82) is 0 Å². The van der Waals surface area contributed by atoms with E-state index in [0.29, 0.717) is 17.4 Å². The topological polar surface area (TPSA) is 50.4 Å². The molecule has 0 aliphatic heterocycles. The van der Waals surface area contributed by atoms with Crippen LogP contribution < -0.4 is 0 Å². The molecule has 0 spiro atoms. The molecule has 0 saturated heterocycles. The summed E-state index contributed by atoms with van der Waals surface area (Å²) in [5.41, 5.74) is 2.28. The van der Waals surface area contributed by atoms with Gasteiger partial charge in [0.1, 0.15) is 17.9 Å². The van der Waals surface area contributed by atoms with Crippen LogP contribution in [0.5, 0.6) is 0 Å². The summed E-state index contributed by atoms with van der Waals surface area (Å²) in [4.78, 5) is 10.6. The molecule has 1 aromatic heterocycles. The lowest BCUT2D eigenvalue weighted by Gasteiger charge is -2.05. The molecule has 0 bridgehead atoms. The van der Waals surface area contributed by atoms with Gasteiger partial charge in [-0.3, -0.25) is 4.79 Å². The van der Waals surface area contributed by atoms with Gasteiger partial charge in [0.15, 0.2) is 0 Å². The summed E-state index contributed by atoms with van der Waals surface area (Å²) >= 11 is 0. The summed E-state index contributed by atoms with van der Waals surface area (Å²) in [6.07, 6.45) is 0.980. The minimum absolute atomic E-state index is 0.0779. The largest absolute Gasteiger partial charge is 0.481 e. The van der Waals surface area contributed by atoms with E-state index in [9.17, 15) is 4.79 Å². The lowest BCUT2D eigenvalue weighted by Crippen LogP contribution is -1.97. The molecular weight excluding hydrogens is 240 g/mol. The van der Waals surface area contributed by atoms with Gasteiger partial charge in [0, 0.05) is 5.56 Å². The van der Waals surface area contributed by atoms with E-state index in [4.69, 9.17) is 9.52 Å². The molecule has 1 heterocycles. The van der Waals surface area contributed by atoms with Crippen molar-refractivity contribution in [3.05, 3.63) is 47.7 Å². The van der Waals surface area contributed by atoms with Crippen LogP contribution in [0.4, 0.5) is 0 Å². The fourth-order valence-electron chi connectivity index (χ4n) is 2.05. The summed E-state index contributed by atoms with van der Waals surface area (Å²) in [6, 6.07) is 11.7. The minimum atomic E-state index is -0.881. The molecule has 0 amide bonds. The van der Waals surface area contributed by atoms with Gasteiger partial charge in [-0.1, -0.05) is 38.1 Å². The highest BCUT2D eigenvalue weighted by molar-refractivity contribution is 5.69. The first kappa shape index (κ1) is 13.4. The predicted octanol–water partition coefficient (Wildman–Crippen LogP) is 3.77. The van der Waals surface area contributed by atoms with Crippen LogP contribution in [0.1, 0.15) is 25.2 Å². The van der Waals surface area contributed by atoms with Gasteiger partial charge in [-0.15, -0.1) is 0 Å². The first-order valence-corrected chi connectivity index (χ1v) is 6.44. The highest BCUT2D eigenvalue weighted by atomic mass is 16.4. The lowest BCUT2D eigenvalue weighted by molar-refractivity contribution is -0.136. The van der Waals surface area contributed by atoms with Crippen molar-refractivity contribution >= 4 is 5.97 Å². The zero-order valence-electron chi connectivity index (χ0n) is 11.2. The van der Waals surface area contributed by atoms with Crippen molar-refractivity contribution in [3.8, 4) is 11.3 Å². The van der Waals surface area contributed by atoms with Gasteiger partial charge < -0.3 is 9.52 Å². The third kappa shape index (κ3) is 3.71. The van der Waals surface area contributed by atoms with E-state index in [0.717, 1.165) is 12.0 Å². The number of carbonyl (C=O) groups is 1. The molecule has 0 aliphatic rings. The first-order valence-electron chi connectivity index (χ1n) is 6.44. The molecule has 0 unspecified atom stereocenters. The van der Waals surface area contributed by atoms with Crippen LogP contribution >= 0.6 is 0 Å². The van der Waals surface area contributed by atoms with Gasteiger partial charge in [-0.05, 0) is 30.0 Å². The standard InChI is InChI=1S/C16H18O3/c1-11(2)9-12-3-5-13(6-4-12)15-8-7-14(19-15)10-16(17)18/h3-8,11H,9-10H2,1-2H3,(H,17,18). The smallest absolute Gasteiger partial charge is 0.311 e. The third-order valence-corrected chi connectivity index (χ3v) is 2.87. The monoisotopic (exact) mass is 258 g/mol. The number of hydrogen-bond donors (Lipinski definition) is 1. The van der Waals surface area contributed by atoms with E-state index in [1.165, 1.54) is 5.56 Å². The Hall–Kier alpha value is -2.03. The second-order valence-corrected chi connectivity index (χ2v) is 5.13. The fourth-order valence-corrected chi connectivity index (χ4v) is 2.05. The number of aliphatic carboxylic acids is 1. The third-order valence-electron chi connectivity index (χ3n) is 2.87. The number of benzene rings is 1. The Kier molecular flexibility index (Phi) is 4.05. The molecule has 0 aliphatic carbocycles. The molecule has 19 heavy (non-hydrogen) atoms. The van der Waals surface area contributed by atoms with Crippen LogP contribution in [0, 0.1) is 5.92 Å². The zero-order chi connectivity index (χ0) is 13.8. The molecule has 3 heteroatoms. The average molecular weight is 258 g/mol. The van der Waals surface area contributed by atoms with Gasteiger partial charge in [-0.2, -0.15) is 0 Å². The second-order valence-electron chi connectivity index (χ2n) is 5.13. The quantitative estimate of drug-likeness (QED) is 0.888. The predicted molar refractivity (Wildman–Crippen MR) is 74.0 cm³/mol. The van der Waals surface area contributed by atoms with Crippen molar-refractivity contribution in [3.63, 3.8) is 0 Å². The van der Waals surface area contributed by atoms with E-state index >= 15 is 0 Å². The van der Waals surface area contributed by atoms with E-state index in [-0.39, 0.29) is 6.42 Å². The molecule has 3 nitrogen and oxygen atoms in total. The lowest BCUT2D eigenvalue weighted by atomic mass is 10.0. The molecule has 0 radical (unpaired) electrons. The van der Waals surface area contributed by atoms with Crippen molar-refractivity contribution < 1.29 is 14.3 Å². The molecular formula is C16H18O3. The van der Waals surface area contributed by atoms with Crippen LogP contribution in [0.15, 0.2) is 40.8 Å². The summed E-state index contributed by atoms with van der Waals surface area (Å²) < 4.78 is 5.52. The Morgan fingerprint density at radius 3 is 2.42 bits per heavy atom. The number of furan rings is 1. The molecule has 2 rings (SSSR count). The van der Waals surface area contributed by atoms with Gasteiger partial charge in [0.2, 0.25) is 0 Å². The van der Waals surface area contributed by atoms with E-state index < -0.39 is 5.97 Å². The van der Waals surface area contributed by atoms with Crippen molar-refractivity contribution in [1.82, 2.24) is 0 Å². The van der Waals surface area contributed by atoms with E-state index in [1.807, 2.05) is 18.2 Å². The average Bonchev–Trinajstić information content (AvgIpc) is 2.76. The Labute approximate surface area is 112 Å². The molecule has 1 N–H and O–H groups in total. The molecule has 0 fully saturated rings. The van der Waals surface area contributed by atoms with Gasteiger partial charge in [0.05, 0.1) is 0 Å². The summed E-state index contributed by atoms with van der Waals surface area (Å²) in [7, 11) is 0. The Morgan fingerprint density at radius 2 is 1.84 bits per heavy atom. The summed E-state index contributed by atoms with van der Waals surface area (Å²) in [6.45, 7) is 4.39. The SMILES string of the molecule is CC(C)Cc1ccc(-c2ccc(CC(=O)O)o2)cc1. The maximum absolute atomic E-state index is 10.6. The molecule has 100 valence electrons. The molecule has 2 aromatic rings. The molecule has 0 saturated carbocycles. The first-order chi connectivity index (χ1) is 9.04. The fraction of sp³-hybridized carbons (Fsp3) is 0.312.